The van der Waals surface area contributed by atoms with E-state index < -0.39 is 0 Å². The molecule has 1 aliphatic heterocycles. The van der Waals surface area contributed by atoms with Crippen molar-refractivity contribution in [3.63, 3.8) is 0 Å². The molecule has 110 valence electrons. The molecule has 1 fully saturated rings. The zero-order chi connectivity index (χ0) is 14.5. The maximum atomic E-state index is 11.2. The first-order chi connectivity index (χ1) is 9.61. The number of nitrogens with two attached hydrogens (primary N) is 1. The molecule has 1 saturated heterocycles. The van der Waals surface area contributed by atoms with Gasteiger partial charge in [-0.25, -0.2) is 0 Å². The predicted molar refractivity (Wildman–Crippen MR) is 79.0 cm³/mol. The lowest BCUT2D eigenvalue weighted by atomic mass is 10.0. The van der Waals surface area contributed by atoms with Gasteiger partial charge in [0.15, 0.2) is 0 Å². The van der Waals surface area contributed by atoms with Crippen LogP contribution in [0.5, 0.6) is 0 Å². The highest BCUT2D eigenvalue weighted by molar-refractivity contribution is 5.73. The standard InChI is InChI=1S/C15H24N4O/c1-3-13(16)15(14-6-4-5-8-17-14)19-9-7-12(10-19)18-11(2)20/h4-6,8,12-13,15H,3,7,9-10,16H2,1-2H3,(H,18,20). The van der Waals surface area contributed by atoms with E-state index in [1.54, 1.807) is 6.92 Å². The molecule has 1 amide bonds. The number of likely N-dealkylation sites (tertiary alicyclic amines) is 1. The Bertz CT molecular complexity index is 437. The topological polar surface area (TPSA) is 71.2 Å². The summed E-state index contributed by atoms with van der Waals surface area (Å²) in [6.45, 7) is 5.45. The molecule has 5 heteroatoms. The van der Waals surface area contributed by atoms with E-state index in [0.29, 0.717) is 0 Å². The lowest BCUT2D eigenvalue weighted by molar-refractivity contribution is -0.119. The van der Waals surface area contributed by atoms with E-state index in [1.807, 2.05) is 24.4 Å². The molecule has 0 spiro atoms. The van der Waals surface area contributed by atoms with Gasteiger partial charge in [-0.1, -0.05) is 13.0 Å². The SMILES string of the molecule is CCC(N)C(c1ccccn1)N1CCC(NC(C)=O)C1. The summed E-state index contributed by atoms with van der Waals surface area (Å²) in [5.41, 5.74) is 7.33. The minimum Gasteiger partial charge on any atom is -0.352 e. The summed E-state index contributed by atoms with van der Waals surface area (Å²) in [6, 6.07) is 6.36. The molecule has 3 unspecified atom stereocenters. The van der Waals surface area contributed by atoms with E-state index in [1.165, 1.54) is 0 Å². The van der Waals surface area contributed by atoms with Crippen molar-refractivity contribution < 1.29 is 4.79 Å². The molecule has 5 nitrogen and oxygen atoms in total. The Morgan fingerprint density at radius 3 is 3.00 bits per heavy atom. The Morgan fingerprint density at radius 2 is 2.40 bits per heavy atom. The molecule has 0 saturated carbocycles. The van der Waals surface area contributed by atoms with E-state index in [-0.39, 0.29) is 24.0 Å². The third-order valence-electron chi connectivity index (χ3n) is 3.89. The van der Waals surface area contributed by atoms with Crippen LogP contribution in [-0.4, -0.2) is 41.0 Å². The van der Waals surface area contributed by atoms with Crippen molar-refractivity contribution in [1.29, 1.82) is 0 Å². The van der Waals surface area contributed by atoms with Gasteiger partial charge in [0.05, 0.1) is 11.7 Å². The van der Waals surface area contributed by atoms with Crippen LogP contribution in [0.1, 0.15) is 38.4 Å². The second kappa shape index (κ2) is 6.81. The van der Waals surface area contributed by atoms with Crippen molar-refractivity contribution in [2.45, 2.75) is 44.8 Å². The summed E-state index contributed by atoms with van der Waals surface area (Å²) in [6.07, 6.45) is 3.69. The normalized spacial score (nSPS) is 22.4. The smallest absolute Gasteiger partial charge is 0.217 e. The summed E-state index contributed by atoms with van der Waals surface area (Å²) in [4.78, 5) is 18.0. The van der Waals surface area contributed by atoms with Gasteiger partial charge in [0.1, 0.15) is 0 Å². The van der Waals surface area contributed by atoms with Crippen LogP contribution in [0.15, 0.2) is 24.4 Å². The summed E-state index contributed by atoms with van der Waals surface area (Å²) >= 11 is 0. The number of rotatable bonds is 5. The monoisotopic (exact) mass is 276 g/mol. The van der Waals surface area contributed by atoms with Crippen LogP contribution in [0.4, 0.5) is 0 Å². The van der Waals surface area contributed by atoms with Crippen LogP contribution < -0.4 is 11.1 Å². The van der Waals surface area contributed by atoms with E-state index in [0.717, 1.165) is 31.6 Å². The Morgan fingerprint density at radius 1 is 1.60 bits per heavy atom. The molecule has 1 aromatic rings. The minimum atomic E-state index is 0.0334. The van der Waals surface area contributed by atoms with Crippen molar-refractivity contribution in [3.8, 4) is 0 Å². The molecular formula is C15H24N4O. The number of carbonyl (C=O) groups excluding carboxylic acids is 1. The largest absolute Gasteiger partial charge is 0.352 e. The number of aromatic nitrogens is 1. The number of nitrogens with one attached hydrogen (secondary N) is 1. The second-order valence-corrected chi connectivity index (χ2v) is 5.45. The molecule has 0 radical (unpaired) electrons. The highest BCUT2D eigenvalue weighted by Crippen LogP contribution is 2.27. The molecule has 0 bridgehead atoms. The molecule has 3 atom stereocenters. The van der Waals surface area contributed by atoms with E-state index in [9.17, 15) is 4.79 Å². The first-order valence-corrected chi connectivity index (χ1v) is 7.29. The molecule has 1 aromatic heterocycles. The lowest BCUT2D eigenvalue weighted by Gasteiger charge is -2.31. The number of hydrogen-bond acceptors (Lipinski definition) is 4. The maximum absolute atomic E-state index is 11.2. The third kappa shape index (κ3) is 3.55. The van der Waals surface area contributed by atoms with Gasteiger partial charge in [-0.2, -0.15) is 0 Å². The summed E-state index contributed by atoms with van der Waals surface area (Å²) in [7, 11) is 0. The van der Waals surface area contributed by atoms with Gasteiger partial charge in [-0.05, 0) is 25.0 Å². The van der Waals surface area contributed by atoms with Crippen molar-refractivity contribution >= 4 is 5.91 Å². The highest BCUT2D eigenvalue weighted by Gasteiger charge is 2.33. The van der Waals surface area contributed by atoms with Gasteiger partial charge in [0.25, 0.3) is 0 Å². The van der Waals surface area contributed by atoms with Gasteiger partial charge in [-0.3, -0.25) is 14.7 Å². The Balaban J connectivity index is 2.11. The maximum Gasteiger partial charge on any atom is 0.217 e. The summed E-state index contributed by atoms with van der Waals surface area (Å²) in [5, 5.41) is 2.99. The van der Waals surface area contributed by atoms with Crippen LogP contribution in [0.3, 0.4) is 0 Å². The lowest BCUT2D eigenvalue weighted by Crippen LogP contribution is -2.42. The van der Waals surface area contributed by atoms with Crippen LogP contribution in [-0.2, 0) is 4.79 Å². The third-order valence-corrected chi connectivity index (χ3v) is 3.89. The first kappa shape index (κ1) is 14.9. The highest BCUT2D eigenvalue weighted by atomic mass is 16.1. The molecule has 0 aromatic carbocycles. The van der Waals surface area contributed by atoms with Gasteiger partial charge < -0.3 is 11.1 Å². The number of hydrogen-bond donors (Lipinski definition) is 2. The van der Waals surface area contributed by atoms with E-state index in [2.05, 4.69) is 22.1 Å². The van der Waals surface area contributed by atoms with E-state index >= 15 is 0 Å². The molecule has 2 rings (SSSR count). The fraction of sp³-hybridized carbons (Fsp3) is 0.600. The fourth-order valence-electron chi connectivity index (χ4n) is 2.90. The predicted octanol–water partition coefficient (Wildman–Crippen LogP) is 1.07. The van der Waals surface area contributed by atoms with Crippen LogP contribution >= 0.6 is 0 Å². The molecule has 2 heterocycles. The zero-order valence-corrected chi connectivity index (χ0v) is 12.2. The van der Waals surface area contributed by atoms with Crippen molar-refractivity contribution in [2.75, 3.05) is 13.1 Å². The van der Waals surface area contributed by atoms with Crippen LogP contribution in [0.2, 0.25) is 0 Å². The van der Waals surface area contributed by atoms with Crippen molar-refractivity contribution in [1.82, 2.24) is 15.2 Å². The van der Waals surface area contributed by atoms with Gasteiger partial charge >= 0.3 is 0 Å². The molecular weight excluding hydrogens is 252 g/mol. The minimum absolute atomic E-state index is 0.0334. The fourth-order valence-corrected chi connectivity index (χ4v) is 2.90. The van der Waals surface area contributed by atoms with Crippen molar-refractivity contribution in [2.24, 2.45) is 5.73 Å². The number of amides is 1. The van der Waals surface area contributed by atoms with Crippen LogP contribution in [0.25, 0.3) is 0 Å². The average molecular weight is 276 g/mol. The van der Waals surface area contributed by atoms with Gasteiger partial charge in [0, 0.05) is 38.3 Å². The van der Waals surface area contributed by atoms with E-state index in [4.69, 9.17) is 5.73 Å². The first-order valence-electron chi connectivity index (χ1n) is 7.29. The Kier molecular flexibility index (Phi) is 5.09. The zero-order valence-electron chi connectivity index (χ0n) is 12.2. The summed E-state index contributed by atoms with van der Waals surface area (Å²) in [5.74, 6) is 0.0334. The number of pyridine rings is 1. The quantitative estimate of drug-likeness (QED) is 0.844. The molecule has 1 aliphatic rings. The van der Waals surface area contributed by atoms with Gasteiger partial charge in [-0.15, -0.1) is 0 Å². The Labute approximate surface area is 120 Å². The number of nitrogens with zero attached hydrogens (tertiary/aromatic N) is 2. The summed E-state index contributed by atoms with van der Waals surface area (Å²) < 4.78 is 0. The van der Waals surface area contributed by atoms with Crippen molar-refractivity contribution in [3.05, 3.63) is 30.1 Å². The number of carbonyl (C=O) groups is 1. The Hall–Kier alpha value is -1.46. The molecule has 0 aliphatic carbocycles. The molecule has 20 heavy (non-hydrogen) atoms. The van der Waals surface area contributed by atoms with Crippen LogP contribution in [0, 0.1) is 0 Å². The van der Waals surface area contributed by atoms with Gasteiger partial charge in [0.2, 0.25) is 5.91 Å². The molecule has 3 N–H and O–H groups in total. The average Bonchev–Trinajstić information content (AvgIpc) is 2.87. The second-order valence-electron chi connectivity index (χ2n) is 5.45.